The van der Waals surface area contributed by atoms with Crippen molar-refractivity contribution in [3.8, 4) is 22.3 Å². The van der Waals surface area contributed by atoms with Crippen molar-refractivity contribution < 1.29 is 19.2 Å². The second kappa shape index (κ2) is 21.5. The van der Waals surface area contributed by atoms with Gasteiger partial charge in [0.2, 0.25) is 23.6 Å². The molecule has 6 rings (SSSR count). The second-order valence-corrected chi connectivity index (χ2v) is 18.3. The van der Waals surface area contributed by atoms with E-state index in [9.17, 15) is 19.2 Å². The fourth-order valence-electron chi connectivity index (χ4n) is 6.92. The molecule has 0 unspecified atom stereocenters. The van der Waals surface area contributed by atoms with Crippen LogP contribution in [0.4, 0.5) is 0 Å². The molecule has 4 amide bonds. The summed E-state index contributed by atoms with van der Waals surface area (Å²) in [6.45, 7) is 3.69. The highest BCUT2D eigenvalue weighted by Crippen LogP contribution is 2.48. The molecule has 0 saturated carbocycles. The van der Waals surface area contributed by atoms with Crippen LogP contribution in [0.25, 0.3) is 34.4 Å². The van der Waals surface area contributed by atoms with Gasteiger partial charge in [-0.15, -0.1) is 0 Å². The molecule has 2 aliphatic rings. The van der Waals surface area contributed by atoms with Crippen molar-refractivity contribution in [2.45, 2.75) is 48.3 Å². The third-order valence-electron chi connectivity index (χ3n) is 9.88. The van der Waals surface area contributed by atoms with Gasteiger partial charge >= 0.3 is 0 Å². The van der Waals surface area contributed by atoms with Crippen LogP contribution in [0.5, 0.6) is 0 Å². The third-order valence-corrected chi connectivity index (χ3v) is 14.3. The van der Waals surface area contributed by atoms with E-state index in [2.05, 4.69) is 42.5 Å². The number of carbonyl (C=O) groups excluding carboxylic acids is 4. The van der Waals surface area contributed by atoms with Crippen LogP contribution >= 0.6 is 90.0 Å². The summed E-state index contributed by atoms with van der Waals surface area (Å²) in [4.78, 5) is 55.0. The van der Waals surface area contributed by atoms with Crippen molar-refractivity contribution in [2.24, 2.45) is 0 Å². The number of rotatable bonds is 16. The molecule has 0 bridgehead atoms. The third kappa shape index (κ3) is 12.0. The number of nitrogens with zero attached hydrogens (tertiary/aromatic N) is 2. The first-order chi connectivity index (χ1) is 28.4. The molecule has 2 saturated heterocycles. The van der Waals surface area contributed by atoms with Gasteiger partial charge in [-0.2, -0.15) is 0 Å². The Morgan fingerprint density at radius 2 is 1.07 bits per heavy atom. The fraction of sp³-hybridized carbons (Fsp3) is 0.273. The molecule has 4 aromatic carbocycles. The molecule has 15 heteroatoms. The quantitative estimate of drug-likeness (QED) is 0.0860. The van der Waals surface area contributed by atoms with Gasteiger partial charge in [0.1, 0.15) is 0 Å². The molecule has 0 aromatic heterocycles. The summed E-state index contributed by atoms with van der Waals surface area (Å²) < 4.78 is 1.49. The number of likely N-dealkylation sites (tertiary alicyclic amines) is 2. The summed E-state index contributed by atoms with van der Waals surface area (Å²) in [6, 6.07) is 18.4. The Hall–Kier alpha value is -3.29. The van der Waals surface area contributed by atoms with E-state index in [1.54, 1.807) is 36.4 Å². The highest BCUT2D eigenvalue weighted by atomic mass is 79.9. The highest BCUT2D eigenvalue weighted by Gasteiger charge is 2.22. The molecule has 59 heavy (non-hydrogen) atoms. The molecule has 8 nitrogen and oxygen atoms in total. The zero-order chi connectivity index (χ0) is 42.1. The van der Waals surface area contributed by atoms with E-state index < -0.39 is 0 Å². The van der Waals surface area contributed by atoms with E-state index in [1.807, 2.05) is 46.2 Å². The van der Waals surface area contributed by atoms with Crippen LogP contribution in [0.2, 0.25) is 20.1 Å². The maximum atomic E-state index is 12.9. The lowest BCUT2D eigenvalue weighted by atomic mass is 9.99. The van der Waals surface area contributed by atoms with Crippen LogP contribution in [0.3, 0.4) is 0 Å². The fourth-order valence-corrected chi connectivity index (χ4v) is 10.5. The number of amides is 4. The highest BCUT2D eigenvalue weighted by molar-refractivity contribution is 9.11. The molecule has 0 atom stereocenters. The van der Waals surface area contributed by atoms with Crippen molar-refractivity contribution in [2.75, 3.05) is 39.3 Å². The molecule has 2 heterocycles. The van der Waals surface area contributed by atoms with E-state index in [0.717, 1.165) is 78.0 Å². The van der Waals surface area contributed by atoms with Gasteiger partial charge in [0, 0.05) is 125 Å². The Morgan fingerprint density at radius 3 is 1.44 bits per heavy atom. The molecule has 4 aromatic rings. The molecule has 2 fully saturated rings. The topological polar surface area (TPSA) is 98.8 Å². The van der Waals surface area contributed by atoms with Gasteiger partial charge in [0.25, 0.3) is 0 Å². The lowest BCUT2D eigenvalue weighted by Crippen LogP contribution is -2.29. The van der Waals surface area contributed by atoms with Crippen molar-refractivity contribution in [3.63, 3.8) is 0 Å². The van der Waals surface area contributed by atoms with Crippen LogP contribution in [0.15, 0.2) is 91.6 Å². The van der Waals surface area contributed by atoms with E-state index in [-0.39, 0.29) is 23.6 Å². The van der Waals surface area contributed by atoms with E-state index >= 15 is 0 Å². The number of carbonyl (C=O) groups is 4. The molecule has 308 valence electrons. The summed E-state index contributed by atoms with van der Waals surface area (Å²) in [5.74, 6) is -0.164. The van der Waals surface area contributed by atoms with Crippen LogP contribution in [0.1, 0.15) is 49.7 Å². The first kappa shape index (κ1) is 45.2. The molecule has 0 spiro atoms. The standard InChI is InChI=1S/C44H40Br2Cl4N4O4S/c45-43-35(15-7-27(41(43)31-13-11-29(47)25-33(31)49)9-17-37(55)51-19-3-23-53-21-1-5-39(53)57)59-36-16-8-28(42(44(36)46)32-14-12-30(48)26-34(32)50)10-18-38(56)52-20-4-24-54-22-2-6-40(54)58/h7-18,25-26H,1-6,19-24H2,(H,51,55)(H,52,56). The monoisotopic (exact) mass is 1020 g/mol. The number of hydrogen-bond acceptors (Lipinski definition) is 5. The number of hydrogen-bond donors (Lipinski definition) is 2. The summed E-state index contributed by atoms with van der Waals surface area (Å²) in [5, 5.41) is 7.71. The average molecular weight is 1020 g/mol. The molecular weight excluding hydrogens is 982 g/mol. The predicted octanol–water partition coefficient (Wildman–Crippen LogP) is 11.6. The smallest absolute Gasteiger partial charge is 0.244 e. The van der Waals surface area contributed by atoms with Gasteiger partial charge in [0.15, 0.2) is 0 Å². The van der Waals surface area contributed by atoms with Gasteiger partial charge in [-0.3, -0.25) is 19.2 Å². The molecule has 0 radical (unpaired) electrons. The zero-order valence-corrected chi connectivity index (χ0v) is 38.8. The van der Waals surface area contributed by atoms with Gasteiger partial charge in [-0.25, -0.2) is 0 Å². The largest absolute Gasteiger partial charge is 0.352 e. The average Bonchev–Trinajstić information content (AvgIpc) is 3.82. The van der Waals surface area contributed by atoms with Crippen LogP contribution in [0, 0.1) is 0 Å². The Bertz CT molecular complexity index is 2170. The Kier molecular flexibility index (Phi) is 16.5. The lowest BCUT2D eigenvalue weighted by molar-refractivity contribution is -0.128. The number of nitrogens with one attached hydrogen (secondary N) is 2. The molecule has 2 aliphatic heterocycles. The lowest BCUT2D eigenvalue weighted by Gasteiger charge is -2.18. The van der Waals surface area contributed by atoms with Crippen LogP contribution in [-0.4, -0.2) is 72.7 Å². The van der Waals surface area contributed by atoms with Crippen molar-refractivity contribution in [1.29, 1.82) is 0 Å². The Morgan fingerprint density at radius 1 is 0.644 bits per heavy atom. The summed E-state index contributed by atoms with van der Waals surface area (Å²) in [7, 11) is 0. The normalized spacial score (nSPS) is 14.3. The Balaban J connectivity index is 1.25. The van der Waals surface area contributed by atoms with Gasteiger partial charge in [-0.05, 0) is 117 Å². The number of halogens is 6. The van der Waals surface area contributed by atoms with Crippen LogP contribution in [-0.2, 0) is 19.2 Å². The first-order valence-corrected chi connectivity index (χ1v) is 23.0. The van der Waals surface area contributed by atoms with Crippen LogP contribution < -0.4 is 10.6 Å². The van der Waals surface area contributed by atoms with Crippen molar-refractivity contribution >= 4 is 126 Å². The minimum absolute atomic E-state index is 0.169. The maximum absolute atomic E-state index is 12.9. The second-order valence-electron chi connectivity index (χ2n) is 14.0. The molecular formula is C44H40Br2Cl4N4O4S. The van der Waals surface area contributed by atoms with Crippen molar-refractivity contribution in [1.82, 2.24) is 20.4 Å². The maximum Gasteiger partial charge on any atom is 0.244 e. The Labute approximate surface area is 385 Å². The number of benzene rings is 4. The molecule has 0 aliphatic carbocycles. The minimum atomic E-state index is -0.250. The van der Waals surface area contributed by atoms with E-state index in [4.69, 9.17) is 46.4 Å². The SMILES string of the molecule is O=C(C=Cc1ccc(Sc2ccc(C=CC(=O)NCCCN3CCCC3=O)c(-c3ccc(Cl)cc3Cl)c2Br)c(Br)c1-c1ccc(Cl)cc1Cl)NCCCN1CCCC1=O. The summed E-state index contributed by atoms with van der Waals surface area (Å²) >= 11 is 35.4. The van der Waals surface area contributed by atoms with E-state index in [0.29, 0.717) is 72.0 Å². The predicted molar refractivity (Wildman–Crippen MR) is 248 cm³/mol. The van der Waals surface area contributed by atoms with Gasteiger partial charge < -0.3 is 20.4 Å². The van der Waals surface area contributed by atoms with Gasteiger partial charge in [0.05, 0.1) is 0 Å². The van der Waals surface area contributed by atoms with Gasteiger partial charge in [-0.1, -0.05) is 82.4 Å². The van der Waals surface area contributed by atoms with Crippen molar-refractivity contribution in [3.05, 3.63) is 113 Å². The summed E-state index contributed by atoms with van der Waals surface area (Å²) in [5.41, 5.74) is 4.47. The minimum Gasteiger partial charge on any atom is -0.352 e. The molecule has 2 N–H and O–H groups in total. The zero-order valence-electron chi connectivity index (χ0n) is 31.8. The van der Waals surface area contributed by atoms with E-state index in [1.165, 1.54) is 23.9 Å². The summed E-state index contributed by atoms with van der Waals surface area (Å²) in [6.07, 6.45) is 10.8. The first-order valence-electron chi connectivity index (χ1n) is 19.1.